The zero-order chi connectivity index (χ0) is 25.5. The zero-order valence-electron chi connectivity index (χ0n) is 19.6. The highest BCUT2D eigenvalue weighted by Gasteiger charge is 2.55. The third-order valence-electron chi connectivity index (χ3n) is 4.93. The molecular weight excluding hydrogens is 448 g/mol. The molecule has 0 aliphatic carbocycles. The Morgan fingerprint density at radius 3 is 2.29 bits per heavy atom. The summed E-state index contributed by atoms with van der Waals surface area (Å²) in [6.07, 6.45) is -1.81. The molecule has 1 aromatic rings. The lowest BCUT2D eigenvalue weighted by molar-refractivity contribution is -0.164. The van der Waals surface area contributed by atoms with Gasteiger partial charge in [0.1, 0.15) is 18.8 Å². The number of piperazine rings is 1. The topological polar surface area (TPSA) is 155 Å². The first-order chi connectivity index (χ1) is 15.8. The number of Topliss-reactive ketones (excluding diaryl/α,β-unsaturated/α-hetero) is 1. The summed E-state index contributed by atoms with van der Waals surface area (Å²) in [5.41, 5.74) is 0.193. The zero-order valence-corrected chi connectivity index (χ0v) is 19.6. The van der Waals surface area contributed by atoms with E-state index in [1.807, 2.05) is 6.07 Å². The van der Waals surface area contributed by atoms with Gasteiger partial charge in [-0.3, -0.25) is 19.8 Å². The van der Waals surface area contributed by atoms with Crippen LogP contribution < -0.4 is 10.7 Å². The van der Waals surface area contributed by atoms with Crippen molar-refractivity contribution in [3.8, 4) is 0 Å². The molecule has 3 amide bonds. The predicted octanol–water partition coefficient (Wildman–Crippen LogP) is 0.909. The highest BCUT2D eigenvalue weighted by molar-refractivity contribution is 6.11. The molecular formula is C22H30N4O8. The lowest BCUT2D eigenvalue weighted by Gasteiger charge is -2.47. The van der Waals surface area contributed by atoms with Crippen molar-refractivity contribution in [2.75, 3.05) is 26.2 Å². The van der Waals surface area contributed by atoms with E-state index in [4.69, 9.17) is 14.6 Å². The van der Waals surface area contributed by atoms with Gasteiger partial charge in [-0.05, 0) is 33.3 Å². The minimum Gasteiger partial charge on any atom is -0.480 e. The van der Waals surface area contributed by atoms with E-state index < -0.39 is 54.1 Å². The third kappa shape index (κ3) is 6.91. The maximum Gasteiger partial charge on any atom is 0.422 e. The fourth-order valence-corrected chi connectivity index (χ4v) is 3.37. The third-order valence-corrected chi connectivity index (χ3v) is 4.93. The predicted molar refractivity (Wildman–Crippen MR) is 118 cm³/mol. The van der Waals surface area contributed by atoms with Gasteiger partial charge in [0.15, 0.2) is 11.3 Å². The molecule has 0 radical (unpaired) electrons. The van der Waals surface area contributed by atoms with Crippen molar-refractivity contribution in [3.63, 3.8) is 0 Å². The number of rotatable bonds is 8. The lowest BCUT2D eigenvalue weighted by atomic mass is 9.89. The summed E-state index contributed by atoms with van der Waals surface area (Å²) in [6.45, 7) is 4.61. The smallest absolute Gasteiger partial charge is 0.422 e. The van der Waals surface area contributed by atoms with Gasteiger partial charge in [-0.25, -0.2) is 9.59 Å². The number of nitrogens with zero attached hydrogens (tertiary/aromatic N) is 2. The Bertz CT molecular complexity index is 931. The van der Waals surface area contributed by atoms with Crippen molar-refractivity contribution >= 4 is 29.8 Å². The molecule has 0 saturated carbocycles. The van der Waals surface area contributed by atoms with Crippen LogP contribution in [0.5, 0.6) is 0 Å². The highest BCUT2D eigenvalue weighted by Crippen LogP contribution is 2.23. The molecule has 1 atom stereocenters. The molecule has 1 heterocycles. The number of hydrogen-bond acceptors (Lipinski definition) is 8. The number of benzene rings is 1. The summed E-state index contributed by atoms with van der Waals surface area (Å²) < 4.78 is 10.4. The molecule has 0 bridgehead atoms. The largest absolute Gasteiger partial charge is 0.480 e. The van der Waals surface area contributed by atoms with E-state index in [0.717, 1.165) is 22.4 Å². The van der Waals surface area contributed by atoms with Crippen molar-refractivity contribution in [1.29, 1.82) is 0 Å². The van der Waals surface area contributed by atoms with E-state index in [2.05, 4.69) is 10.7 Å². The number of amides is 3. The Balaban J connectivity index is 2.25. The first kappa shape index (κ1) is 26.6. The fraction of sp³-hybridized carbons (Fsp3) is 0.500. The summed E-state index contributed by atoms with van der Waals surface area (Å²) in [4.78, 5) is 63.0. The van der Waals surface area contributed by atoms with Gasteiger partial charge in [-0.1, -0.05) is 30.3 Å². The molecule has 1 aliphatic heterocycles. The number of ketones is 1. The number of alkyl carbamates (subject to hydrolysis) is 1. The molecule has 12 heteroatoms. The molecule has 1 aliphatic rings. The van der Waals surface area contributed by atoms with Crippen LogP contribution in [-0.2, 0) is 30.5 Å². The second-order valence-corrected chi connectivity index (χ2v) is 8.72. The summed E-state index contributed by atoms with van der Waals surface area (Å²) in [5, 5.41) is 12.6. The molecule has 0 unspecified atom stereocenters. The van der Waals surface area contributed by atoms with Gasteiger partial charge in [-0.15, -0.1) is 0 Å². The molecule has 1 saturated heterocycles. The first-order valence-corrected chi connectivity index (χ1v) is 10.6. The summed E-state index contributed by atoms with van der Waals surface area (Å²) in [7, 11) is 0. The Kier molecular flexibility index (Phi) is 8.57. The monoisotopic (exact) mass is 478 g/mol. The summed E-state index contributed by atoms with van der Waals surface area (Å²) in [6, 6.07) is 8.88. The van der Waals surface area contributed by atoms with Crippen molar-refractivity contribution in [2.45, 2.75) is 45.4 Å². The molecule has 3 N–H and O–H groups in total. The molecule has 12 nitrogen and oxygen atoms in total. The molecule has 2 rings (SSSR count). The lowest BCUT2D eigenvalue weighted by Crippen LogP contribution is -2.76. The number of aliphatic carboxylic acids is 1. The average molecular weight is 479 g/mol. The number of carboxylic acid groups (broad SMARTS) is 1. The number of hydrogen-bond donors (Lipinski definition) is 3. The summed E-state index contributed by atoms with van der Waals surface area (Å²) >= 11 is 0. The fourth-order valence-electron chi connectivity index (χ4n) is 3.37. The van der Waals surface area contributed by atoms with Gasteiger partial charge in [0, 0.05) is 13.1 Å². The van der Waals surface area contributed by atoms with Gasteiger partial charge in [0.2, 0.25) is 0 Å². The minimum absolute atomic E-state index is 0.0527. The molecule has 1 fully saturated rings. The van der Waals surface area contributed by atoms with Gasteiger partial charge in [0.25, 0.3) is 5.91 Å². The molecule has 34 heavy (non-hydrogen) atoms. The standard InChI is InChI=1S/C22H30N4O8/c1-15(27)22(14-23-19(31)34-21(2,3)4)18(30)25(12-17(28)29)10-11-26(22)24-20(32)33-13-16-8-6-5-7-9-16/h5-9H,10-14H2,1-4H3,(H,23,31)(H,24,32)(H,28,29)/t22-/m0/s1. The van der Waals surface area contributed by atoms with E-state index in [9.17, 15) is 24.0 Å². The van der Waals surface area contributed by atoms with E-state index >= 15 is 0 Å². The number of carbonyl (C=O) groups is 5. The van der Waals surface area contributed by atoms with E-state index in [1.165, 1.54) is 0 Å². The van der Waals surface area contributed by atoms with Gasteiger partial charge in [0.05, 0.1) is 6.54 Å². The van der Waals surface area contributed by atoms with Gasteiger partial charge >= 0.3 is 18.2 Å². The van der Waals surface area contributed by atoms with Crippen LogP contribution in [-0.4, -0.2) is 82.2 Å². The molecule has 0 aromatic heterocycles. The summed E-state index contributed by atoms with van der Waals surface area (Å²) in [5.74, 6) is -2.87. The highest BCUT2D eigenvalue weighted by atomic mass is 16.6. The van der Waals surface area contributed by atoms with Gasteiger partial charge < -0.3 is 24.8 Å². The number of carbonyl (C=O) groups excluding carboxylic acids is 4. The van der Waals surface area contributed by atoms with Crippen molar-refractivity contribution in [1.82, 2.24) is 20.7 Å². The second kappa shape index (κ2) is 11.0. The Hall–Kier alpha value is -3.67. The molecule has 186 valence electrons. The van der Waals surface area contributed by atoms with Crippen LogP contribution in [0.2, 0.25) is 0 Å². The maximum atomic E-state index is 13.3. The maximum absolute atomic E-state index is 13.3. The number of nitrogens with one attached hydrogen (secondary N) is 2. The molecule has 0 spiro atoms. The Morgan fingerprint density at radius 2 is 1.74 bits per heavy atom. The van der Waals surface area contributed by atoms with E-state index in [0.29, 0.717) is 0 Å². The van der Waals surface area contributed by atoms with E-state index in [1.54, 1.807) is 45.0 Å². The number of ether oxygens (including phenoxy) is 2. The number of hydrazine groups is 1. The van der Waals surface area contributed by atoms with Crippen molar-refractivity contribution in [3.05, 3.63) is 35.9 Å². The SMILES string of the molecule is CC(=O)[C@@]1(CNC(=O)OC(C)(C)C)C(=O)N(CC(=O)O)CCN1NC(=O)OCc1ccccc1. The van der Waals surface area contributed by atoms with Gasteiger partial charge in [-0.2, -0.15) is 5.01 Å². The van der Waals surface area contributed by atoms with Crippen LogP contribution in [0.4, 0.5) is 9.59 Å². The van der Waals surface area contributed by atoms with E-state index in [-0.39, 0.29) is 19.7 Å². The van der Waals surface area contributed by atoms with Crippen molar-refractivity contribution in [2.24, 2.45) is 0 Å². The Morgan fingerprint density at radius 1 is 1.09 bits per heavy atom. The Labute approximate surface area is 197 Å². The van der Waals surface area contributed by atoms with Crippen LogP contribution in [0, 0.1) is 0 Å². The van der Waals surface area contributed by atoms with Crippen LogP contribution in [0.1, 0.15) is 33.3 Å². The first-order valence-electron chi connectivity index (χ1n) is 10.6. The normalized spacial score (nSPS) is 18.7. The average Bonchev–Trinajstić information content (AvgIpc) is 2.73. The van der Waals surface area contributed by atoms with Crippen molar-refractivity contribution < 1.29 is 38.6 Å². The van der Waals surface area contributed by atoms with Crippen LogP contribution in [0.15, 0.2) is 30.3 Å². The second-order valence-electron chi connectivity index (χ2n) is 8.72. The van der Waals surface area contributed by atoms with Crippen LogP contribution >= 0.6 is 0 Å². The molecule has 1 aromatic carbocycles. The van der Waals surface area contributed by atoms with Crippen LogP contribution in [0.3, 0.4) is 0 Å². The number of carboxylic acids is 1. The quantitative estimate of drug-likeness (QED) is 0.462. The minimum atomic E-state index is -2.10. The van der Waals surface area contributed by atoms with Crippen LogP contribution in [0.25, 0.3) is 0 Å².